The van der Waals surface area contributed by atoms with Gasteiger partial charge in [0.15, 0.2) is 0 Å². The lowest BCUT2D eigenvalue weighted by Gasteiger charge is -2.39. The number of benzene rings is 1. The number of rotatable bonds is 5. The SMILES string of the molecule is C=CC(=O)NC1(C)CCN(S(=O)(=O)c2ccc3c(c2)CCN3C(=O)C2CC2)CC1. The first-order valence-electron chi connectivity index (χ1n) is 10.1. The number of nitrogens with one attached hydrogen (secondary N) is 1. The molecular formula is C21H27N3O4S. The molecule has 0 unspecified atom stereocenters. The fourth-order valence-corrected chi connectivity index (χ4v) is 5.65. The van der Waals surface area contributed by atoms with Gasteiger partial charge in [0, 0.05) is 36.8 Å². The fraction of sp³-hybridized carbons (Fsp3) is 0.524. The summed E-state index contributed by atoms with van der Waals surface area (Å²) in [5.41, 5.74) is 1.33. The molecule has 156 valence electrons. The van der Waals surface area contributed by atoms with Gasteiger partial charge in [-0.3, -0.25) is 9.59 Å². The summed E-state index contributed by atoms with van der Waals surface area (Å²) in [5, 5.41) is 2.90. The summed E-state index contributed by atoms with van der Waals surface area (Å²) in [5.74, 6) is 0.0672. The van der Waals surface area contributed by atoms with Crippen molar-refractivity contribution in [2.24, 2.45) is 5.92 Å². The summed E-state index contributed by atoms with van der Waals surface area (Å²) in [6, 6.07) is 5.10. The van der Waals surface area contributed by atoms with Crippen LogP contribution in [0.4, 0.5) is 5.69 Å². The van der Waals surface area contributed by atoms with Crippen molar-refractivity contribution in [3.63, 3.8) is 0 Å². The summed E-state index contributed by atoms with van der Waals surface area (Å²) in [6.45, 7) is 6.71. The molecule has 0 radical (unpaired) electrons. The molecule has 2 aliphatic heterocycles. The number of amides is 2. The number of hydrogen-bond acceptors (Lipinski definition) is 4. The molecule has 1 saturated heterocycles. The molecule has 1 N–H and O–H groups in total. The lowest BCUT2D eigenvalue weighted by molar-refractivity contribution is -0.120. The average molecular weight is 418 g/mol. The topological polar surface area (TPSA) is 86.8 Å². The van der Waals surface area contributed by atoms with Crippen LogP contribution in [0.3, 0.4) is 0 Å². The van der Waals surface area contributed by atoms with Crippen molar-refractivity contribution >= 4 is 27.5 Å². The van der Waals surface area contributed by atoms with E-state index in [4.69, 9.17) is 0 Å². The van der Waals surface area contributed by atoms with E-state index in [1.54, 1.807) is 23.1 Å². The molecule has 1 aromatic carbocycles. The minimum Gasteiger partial charge on any atom is -0.347 e. The van der Waals surface area contributed by atoms with Crippen LogP contribution in [0.25, 0.3) is 0 Å². The molecule has 7 nitrogen and oxygen atoms in total. The van der Waals surface area contributed by atoms with Crippen LogP contribution >= 0.6 is 0 Å². The first-order valence-corrected chi connectivity index (χ1v) is 11.6. The molecule has 0 spiro atoms. The Labute approximate surface area is 171 Å². The second-order valence-corrected chi connectivity index (χ2v) is 10.4. The van der Waals surface area contributed by atoms with E-state index < -0.39 is 15.6 Å². The molecule has 3 aliphatic rings. The summed E-state index contributed by atoms with van der Waals surface area (Å²) in [4.78, 5) is 26.1. The minimum absolute atomic E-state index is 0.147. The van der Waals surface area contributed by atoms with Crippen molar-refractivity contribution in [1.29, 1.82) is 0 Å². The van der Waals surface area contributed by atoms with Crippen molar-refractivity contribution in [2.45, 2.75) is 49.5 Å². The maximum atomic E-state index is 13.2. The Kier molecular flexibility index (Phi) is 5.02. The quantitative estimate of drug-likeness (QED) is 0.741. The highest BCUT2D eigenvalue weighted by molar-refractivity contribution is 7.89. The summed E-state index contributed by atoms with van der Waals surface area (Å²) in [6.07, 6.45) is 4.91. The van der Waals surface area contributed by atoms with Gasteiger partial charge in [-0.2, -0.15) is 4.31 Å². The van der Waals surface area contributed by atoms with E-state index in [9.17, 15) is 18.0 Å². The molecule has 8 heteroatoms. The predicted octanol–water partition coefficient (Wildman–Crippen LogP) is 1.83. The largest absolute Gasteiger partial charge is 0.347 e. The second kappa shape index (κ2) is 7.25. The van der Waals surface area contributed by atoms with Crippen LogP contribution in [-0.2, 0) is 26.0 Å². The second-order valence-electron chi connectivity index (χ2n) is 8.46. The van der Waals surface area contributed by atoms with Gasteiger partial charge in [0.05, 0.1) is 4.90 Å². The third-order valence-corrected chi connectivity index (χ3v) is 8.11. The molecule has 0 bridgehead atoms. The number of hydrogen-bond donors (Lipinski definition) is 1. The van der Waals surface area contributed by atoms with Gasteiger partial charge in [-0.1, -0.05) is 6.58 Å². The zero-order valence-corrected chi connectivity index (χ0v) is 17.5. The molecule has 0 atom stereocenters. The average Bonchev–Trinajstić information content (AvgIpc) is 3.46. The number of nitrogens with zero attached hydrogens (tertiary/aromatic N) is 2. The zero-order valence-electron chi connectivity index (χ0n) is 16.7. The van der Waals surface area contributed by atoms with Crippen LogP contribution in [0.1, 0.15) is 38.2 Å². The third-order valence-electron chi connectivity index (χ3n) is 6.21. The lowest BCUT2D eigenvalue weighted by Crippen LogP contribution is -2.53. The standard InChI is InChI=1S/C21H27N3O4S/c1-3-19(25)22-21(2)9-12-23(13-10-21)29(27,28)17-6-7-18-16(14-17)8-11-24(18)20(26)15-4-5-15/h3,6-7,14-15H,1,4-5,8-13H2,2H3,(H,22,25). The highest BCUT2D eigenvalue weighted by Gasteiger charge is 2.38. The van der Waals surface area contributed by atoms with Gasteiger partial charge in [-0.25, -0.2) is 8.42 Å². The first kappa shape index (κ1) is 20.1. The van der Waals surface area contributed by atoms with Crippen LogP contribution < -0.4 is 10.2 Å². The Hall–Kier alpha value is -2.19. The Morgan fingerprint density at radius 2 is 1.90 bits per heavy atom. The summed E-state index contributed by atoms with van der Waals surface area (Å²) in [7, 11) is -3.61. The van der Waals surface area contributed by atoms with Crippen molar-refractivity contribution in [2.75, 3.05) is 24.5 Å². The van der Waals surface area contributed by atoms with E-state index in [-0.39, 0.29) is 22.6 Å². The van der Waals surface area contributed by atoms with Crippen LogP contribution in [0.2, 0.25) is 0 Å². The molecule has 2 amide bonds. The fourth-order valence-electron chi connectivity index (χ4n) is 4.16. The predicted molar refractivity (Wildman–Crippen MR) is 110 cm³/mol. The van der Waals surface area contributed by atoms with E-state index in [1.807, 2.05) is 6.92 Å². The zero-order chi connectivity index (χ0) is 20.8. The van der Waals surface area contributed by atoms with Crippen molar-refractivity contribution in [3.8, 4) is 0 Å². The summed E-state index contributed by atoms with van der Waals surface area (Å²) < 4.78 is 27.8. The monoisotopic (exact) mass is 417 g/mol. The highest BCUT2D eigenvalue weighted by Crippen LogP contribution is 2.37. The Bertz CT molecular complexity index is 960. The van der Waals surface area contributed by atoms with E-state index in [1.165, 1.54) is 10.4 Å². The molecule has 1 aliphatic carbocycles. The van der Waals surface area contributed by atoms with E-state index in [0.29, 0.717) is 38.9 Å². The molecular weight excluding hydrogens is 390 g/mol. The van der Waals surface area contributed by atoms with Crippen molar-refractivity contribution in [1.82, 2.24) is 9.62 Å². The van der Waals surface area contributed by atoms with Crippen LogP contribution in [0, 0.1) is 5.92 Å². The van der Waals surface area contributed by atoms with Crippen molar-refractivity contribution in [3.05, 3.63) is 36.4 Å². The maximum absolute atomic E-state index is 13.2. The molecule has 29 heavy (non-hydrogen) atoms. The number of sulfonamides is 1. The molecule has 4 rings (SSSR count). The van der Waals surface area contributed by atoms with Crippen LogP contribution in [0.15, 0.2) is 35.7 Å². The minimum atomic E-state index is -3.61. The molecule has 2 heterocycles. The Morgan fingerprint density at radius 3 is 2.52 bits per heavy atom. The molecule has 1 aromatic rings. The number of anilines is 1. The van der Waals surface area contributed by atoms with Gasteiger partial charge in [0.25, 0.3) is 0 Å². The van der Waals surface area contributed by atoms with Gasteiger partial charge in [-0.05, 0) is 68.9 Å². The van der Waals surface area contributed by atoms with Gasteiger partial charge in [-0.15, -0.1) is 0 Å². The molecule has 1 saturated carbocycles. The molecule has 0 aromatic heterocycles. The smallest absolute Gasteiger partial charge is 0.243 e. The highest BCUT2D eigenvalue weighted by atomic mass is 32.2. The maximum Gasteiger partial charge on any atom is 0.243 e. The number of carbonyl (C=O) groups is 2. The van der Waals surface area contributed by atoms with Gasteiger partial charge >= 0.3 is 0 Å². The van der Waals surface area contributed by atoms with Crippen LogP contribution in [-0.4, -0.2) is 49.7 Å². The van der Waals surface area contributed by atoms with E-state index >= 15 is 0 Å². The van der Waals surface area contributed by atoms with Gasteiger partial charge < -0.3 is 10.2 Å². The van der Waals surface area contributed by atoms with Crippen LogP contribution in [0.5, 0.6) is 0 Å². The first-order chi connectivity index (χ1) is 13.7. The third kappa shape index (κ3) is 3.83. The van der Waals surface area contributed by atoms with E-state index in [0.717, 1.165) is 24.1 Å². The number of piperidine rings is 1. The lowest BCUT2D eigenvalue weighted by atomic mass is 9.90. The summed E-state index contributed by atoms with van der Waals surface area (Å²) >= 11 is 0. The van der Waals surface area contributed by atoms with Gasteiger partial charge in [0.1, 0.15) is 0 Å². The van der Waals surface area contributed by atoms with E-state index in [2.05, 4.69) is 11.9 Å². The normalized spacial score (nSPS) is 21.5. The molecule has 2 fully saturated rings. The number of carbonyl (C=O) groups excluding carboxylic acids is 2. The Balaban J connectivity index is 1.48. The Morgan fingerprint density at radius 1 is 1.21 bits per heavy atom. The number of fused-ring (bicyclic) bond motifs is 1. The van der Waals surface area contributed by atoms with Crippen molar-refractivity contribution < 1.29 is 18.0 Å². The van der Waals surface area contributed by atoms with Gasteiger partial charge in [0.2, 0.25) is 21.8 Å².